The van der Waals surface area contributed by atoms with Gasteiger partial charge in [0.1, 0.15) is 5.15 Å². The Morgan fingerprint density at radius 3 is 3.00 bits per heavy atom. The Bertz CT molecular complexity index is 355. The molecule has 2 atom stereocenters. The zero-order valence-electron chi connectivity index (χ0n) is 10.1. The average Bonchev–Trinajstić information content (AvgIpc) is 2.32. The second-order valence-corrected chi connectivity index (χ2v) is 5.22. The Kier molecular flexibility index (Phi) is 4.37. The fourth-order valence-corrected chi connectivity index (χ4v) is 2.67. The van der Waals surface area contributed by atoms with Gasteiger partial charge in [-0.25, -0.2) is 4.98 Å². The lowest BCUT2D eigenvalue weighted by Gasteiger charge is -2.39. The van der Waals surface area contributed by atoms with Gasteiger partial charge in [-0.1, -0.05) is 24.6 Å². The molecule has 3 nitrogen and oxygen atoms in total. The van der Waals surface area contributed by atoms with Crippen molar-refractivity contribution in [3.63, 3.8) is 0 Å². The molecular weight excluding hydrogens is 236 g/mol. The van der Waals surface area contributed by atoms with Crippen molar-refractivity contribution in [3.05, 3.63) is 29.0 Å². The Labute approximate surface area is 107 Å². The first kappa shape index (κ1) is 12.8. The number of rotatable bonds is 3. The number of halogens is 1. The molecular formula is C13H19ClN2O. The summed E-state index contributed by atoms with van der Waals surface area (Å²) in [7, 11) is 0. The van der Waals surface area contributed by atoms with Crippen LogP contribution in [0, 0.1) is 5.92 Å². The summed E-state index contributed by atoms with van der Waals surface area (Å²) in [6.45, 7) is 4.35. The first-order valence-electron chi connectivity index (χ1n) is 6.16. The van der Waals surface area contributed by atoms with Crippen LogP contribution in [0.4, 0.5) is 0 Å². The van der Waals surface area contributed by atoms with Gasteiger partial charge in [0, 0.05) is 18.8 Å². The second-order valence-electron chi connectivity index (χ2n) is 4.83. The van der Waals surface area contributed by atoms with Crippen LogP contribution in [0.5, 0.6) is 0 Å². The number of nitrogens with zero attached hydrogens (tertiary/aromatic N) is 2. The molecule has 0 saturated carbocycles. The summed E-state index contributed by atoms with van der Waals surface area (Å²) in [5.74, 6) is 0.564. The van der Waals surface area contributed by atoms with Crippen LogP contribution < -0.4 is 0 Å². The molecule has 1 aliphatic heterocycles. The van der Waals surface area contributed by atoms with Crippen LogP contribution >= 0.6 is 11.6 Å². The minimum absolute atomic E-state index is 0.238. The van der Waals surface area contributed by atoms with E-state index < -0.39 is 0 Å². The van der Waals surface area contributed by atoms with E-state index in [0.717, 1.165) is 18.7 Å². The van der Waals surface area contributed by atoms with Crippen LogP contribution in [-0.2, 0) is 6.54 Å². The SMILES string of the molecule is CC1CCCN(Cc2ccc(Cl)nc2)C1CO. The van der Waals surface area contributed by atoms with Crippen LogP contribution in [0.25, 0.3) is 0 Å². The highest BCUT2D eigenvalue weighted by atomic mass is 35.5. The number of aromatic nitrogens is 1. The van der Waals surface area contributed by atoms with Gasteiger partial charge in [-0.2, -0.15) is 0 Å². The van der Waals surface area contributed by atoms with Crippen molar-refractivity contribution >= 4 is 11.6 Å². The van der Waals surface area contributed by atoms with Crippen molar-refractivity contribution in [2.75, 3.05) is 13.2 Å². The average molecular weight is 255 g/mol. The fourth-order valence-electron chi connectivity index (χ4n) is 2.56. The summed E-state index contributed by atoms with van der Waals surface area (Å²) in [4.78, 5) is 6.44. The molecule has 0 amide bonds. The number of pyridine rings is 1. The molecule has 2 heterocycles. The van der Waals surface area contributed by atoms with Crippen LogP contribution in [0.2, 0.25) is 5.15 Å². The zero-order chi connectivity index (χ0) is 12.3. The van der Waals surface area contributed by atoms with Crippen molar-refractivity contribution in [3.8, 4) is 0 Å². The Morgan fingerprint density at radius 2 is 2.35 bits per heavy atom. The molecule has 2 unspecified atom stereocenters. The number of piperidine rings is 1. The van der Waals surface area contributed by atoms with Crippen molar-refractivity contribution in [2.45, 2.75) is 32.4 Å². The number of aliphatic hydroxyl groups is 1. The van der Waals surface area contributed by atoms with Crippen LogP contribution in [0.1, 0.15) is 25.3 Å². The molecule has 4 heteroatoms. The van der Waals surface area contributed by atoms with Crippen molar-refractivity contribution in [1.82, 2.24) is 9.88 Å². The predicted molar refractivity (Wildman–Crippen MR) is 68.9 cm³/mol. The van der Waals surface area contributed by atoms with Gasteiger partial charge in [-0.15, -0.1) is 0 Å². The first-order valence-corrected chi connectivity index (χ1v) is 6.54. The third kappa shape index (κ3) is 3.18. The van der Waals surface area contributed by atoms with Gasteiger partial charge in [0.2, 0.25) is 0 Å². The van der Waals surface area contributed by atoms with Gasteiger partial charge in [-0.3, -0.25) is 4.90 Å². The summed E-state index contributed by atoms with van der Waals surface area (Å²) < 4.78 is 0. The molecule has 1 aromatic heterocycles. The summed E-state index contributed by atoms with van der Waals surface area (Å²) in [5, 5.41) is 10.0. The van der Waals surface area contributed by atoms with E-state index in [1.54, 1.807) is 0 Å². The van der Waals surface area contributed by atoms with Crippen molar-refractivity contribution < 1.29 is 5.11 Å². The van der Waals surface area contributed by atoms with Gasteiger partial charge in [0.05, 0.1) is 6.61 Å². The smallest absolute Gasteiger partial charge is 0.129 e. The molecule has 0 spiro atoms. The second kappa shape index (κ2) is 5.80. The highest BCUT2D eigenvalue weighted by molar-refractivity contribution is 6.29. The van der Waals surface area contributed by atoms with Crippen LogP contribution in [-0.4, -0.2) is 34.2 Å². The first-order chi connectivity index (χ1) is 8.20. The van der Waals surface area contributed by atoms with E-state index in [-0.39, 0.29) is 12.6 Å². The molecule has 0 aliphatic carbocycles. The molecule has 0 bridgehead atoms. The zero-order valence-corrected chi connectivity index (χ0v) is 10.9. The van der Waals surface area contributed by atoms with Gasteiger partial charge >= 0.3 is 0 Å². The lowest BCUT2D eigenvalue weighted by Crippen LogP contribution is -2.45. The number of aliphatic hydroxyl groups excluding tert-OH is 1. The maximum Gasteiger partial charge on any atom is 0.129 e. The predicted octanol–water partition coefficient (Wildman–Crippen LogP) is 2.33. The van der Waals surface area contributed by atoms with Crippen molar-refractivity contribution in [1.29, 1.82) is 0 Å². The maximum absolute atomic E-state index is 9.48. The summed E-state index contributed by atoms with van der Waals surface area (Å²) in [5.41, 5.74) is 1.15. The van der Waals surface area contributed by atoms with E-state index in [0.29, 0.717) is 11.1 Å². The molecule has 1 fully saturated rings. The fraction of sp³-hybridized carbons (Fsp3) is 0.615. The molecule has 0 aromatic carbocycles. The Hall–Kier alpha value is -0.640. The van der Waals surface area contributed by atoms with Crippen LogP contribution in [0.15, 0.2) is 18.3 Å². The Balaban J connectivity index is 2.03. The van der Waals surface area contributed by atoms with Gasteiger partial charge < -0.3 is 5.11 Å². The summed E-state index contributed by atoms with van der Waals surface area (Å²) in [6, 6.07) is 4.10. The van der Waals surface area contributed by atoms with E-state index in [9.17, 15) is 5.11 Å². The van der Waals surface area contributed by atoms with E-state index in [1.165, 1.54) is 12.8 Å². The molecule has 1 aromatic rings. The normalized spacial score (nSPS) is 26.1. The van der Waals surface area contributed by atoms with Crippen molar-refractivity contribution in [2.24, 2.45) is 5.92 Å². The minimum Gasteiger partial charge on any atom is -0.395 e. The Morgan fingerprint density at radius 1 is 1.53 bits per heavy atom. The number of hydrogen-bond donors (Lipinski definition) is 1. The highest BCUT2D eigenvalue weighted by Crippen LogP contribution is 2.24. The molecule has 2 rings (SSSR count). The molecule has 1 saturated heterocycles. The van der Waals surface area contributed by atoms with E-state index >= 15 is 0 Å². The number of likely N-dealkylation sites (tertiary alicyclic amines) is 1. The molecule has 1 aliphatic rings. The standard InChI is InChI=1S/C13H19ClN2O/c1-10-3-2-6-16(12(10)9-17)8-11-4-5-13(14)15-7-11/h4-5,7,10,12,17H,2-3,6,8-9H2,1H3. The lowest BCUT2D eigenvalue weighted by atomic mass is 9.91. The third-order valence-corrected chi connectivity index (χ3v) is 3.82. The quantitative estimate of drug-likeness (QED) is 0.841. The molecule has 1 N–H and O–H groups in total. The van der Waals surface area contributed by atoms with Crippen LogP contribution in [0.3, 0.4) is 0 Å². The highest BCUT2D eigenvalue weighted by Gasteiger charge is 2.27. The van der Waals surface area contributed by atoms with Gasteiger partial charge in [0.25, 0.3) is 0 Å². The molecule has 0 radical (unpaired) electrons. The number of hydrogen-bond acceptors (Lipinski definition) is 3. The monoisotopic (exact) mass is 254 g/mol. The third-order valence-electron chi connectivity index (χ3n) is 3.59. The molecule has 94 valence electrons. The summed E-state index contributed by atoms with van der Waals surface area (Å²) in [6.07, 6.45) is 4.23. The van der Waals surface area contributed by atoms with E-state index in [4.69, 9.17) is 11.6 Å². The van der Waals surface area contributed by atoms with E-state index in [1.807, 2.05) is 18.3 Å². The van der Waals surface area contributed by atoms with Gasteiger partial charge in [-0.05, 0) is 36.9 Å². The van der Waals surface area contributed by atoms with Gasteiger partial charge in [0.15, 0.2) is 0 Å². The molecule has 17 heavy (non-hydrogen) atoms. The lowest BCUT2D eigenvalue weighted by molar-refractivity contribution is 0.0472. The topological polar surface area (TPSA) is 36.4 Å². The summed E-state index contributed by atoms with van der Waals surface area (Å²) >= 11 is 5.77. The largest absolute Gasteiger partial charge is 0.395 e. The minimum atomic E-state index is 0.238. The maximum atomic E-state index is 9.48. The van der Waals surface area contributed by atoms with E-state index in [2.05, 4.69) is 16.8 Å².